The Morgan fingerprint density at radius 3 is 2.87 bits per heavy atom. The summed E-state index contributed by atoms with van der Waals surface area (Å²) in [6, 6.07) is 8.91. The molecule has 3 rings (SSSR count). The van der Waals surface area contributed by atoms with Crippen molar-refractivity contribution in [2.75, 3.05) is 19.6 Å². The quantitative estimate of drug-likeness (QED) is 0.879. The molecule has 1 aromatic heterocycles. The van der Waals surface area contributed by atoms with Crippen molar-refractivity contribution in [1.29, 1.82) is 0 Å². The Morgan fingerprint density at radius 1 is 1.30 bits per heavy atom. The number of hydrogen-bond donors (Lipinski definition) is 1. The van der Waals surface area contributed by atoms with Crippen molar-refractivity contribution in [2.45, 2.75) is 12.6 Å². The average Bonchev–Trinajstić information content (AvgIpc) is 2.50. The summed E-state index contributed by atoms with van der Waals surface area (Å²) in [6.45, 7) is 3.38. The molecule has 0 spiro atoms. The Morgan fingerprint density at radius 2 is 2.13 bits per heavy atom. The summed E-state index contributed by atoms with van der Waals surface area (Å²) in [7, 11) is 0. The zero-order valence-electron chi connectivity index (χ0n) is 12.4. The van der Waals surface area contributed by atoms with Crippen LogP contribution in [0.4, 0.5) is 4.39 Å². The van der Waals surface area contributed by atoms with Crippen molar-refractivity contribution in [2.24, 2.45) is 0 Å². The number of piperazine rings is 1. The molecule has 126 valence electrons. The van der Waals surface area contributed by atoms with Crippen molar-refractivity contribution in [3.8, 4) is 0 Å². The number of pyridine rings is 1. The molecule has 1 aliphatic heterocycles. The lowest BCUT2D eigenvalue weighted by Crippen LogP contribution is -2.45. The van der Waals surface area contributed by atoms with E-state index >= 15 is 0 Å². The summed E-state index contributed by atoms with van der Waals surface area (Å²) >= 11 is 6.20. The van der Waals surface area contributed by atoms with E-state index in [1.807, 2.05) is 12.1 Å². The van der Waals surface area contributed by atoms with Crippen LogP contribution in [0, 0.1) is 5.82 Å². The molecule has 1 aromatic carbocycles. The molecule has 1 fully saturated rings. The fraction of sp³-hybridized carbons (Fsp3) is 0.312. The second-order valence-electron chi connectivity index (χ2n) is 5.21. The van der Waals surface area contributed by atoms with Crippen LogP contribution in [-0.4, -0.2) is 29.5 Å². The first-order valence-electron chi connectivity index (χ1n) is 7.02. The second kappa shape index (κ2) is 9.40. The predicted octanol–water partition coefficient (Wildman–Crippen LogP) is 3.86. The number of halogens is 4. The predicted molar refractivity (Wildman–Crippen MR) is 96.2 cm³/mol. The molecule has 1 N–H and O–H groups in total. The van der Waals surface area contributed by atoms with Gasteiger partial charge in [0.05, 0.1) is 5.02 Å². The Labute approximate surface area is 153 Å². The molecular formula is C16H19Cl3FN3. The summed E-state index contributed by atoms with van der Waals surface area (Å²) in [4.78, 5) is 6.34. The van der Waals surface area contributed by atoms with Crippen LogP contribution in [0.5, 0.6) is 0 Å². The van der Waals surface area contributed by atoms with Gasteiger partial charge in [0.25, 0.3) is 0 Å². The fourth-order valence-electron chi connectivity index (χ4n) is 2.73. The summed E-state index contributed by atoms with van der Waals surface area (Å²) < 4.78 is 13.5. The molecule has 0 bridgehead atoms. The normalized spacial score (nSPS) is 17.9. The van der Waals surface area contributed by atoms with Crippen molar-refractivity contribution in [3.05, 3.63) is 64.7 Å². The first-order valence-corrected chi connectivity index (χ1v) is 7.40. The topological polar surface area (TPSA) is 28.2 Å². The molecule has 1 saturated heterocycles. The van der Waals surface area contributed by atoms with Gasteiger partial charge in [-0.3, -0.25) is 9.88 Å². The van der Waals surface area contributed by atoms with Gasteiger partial charge in [-0.15, -0.1) is 24.8 Å². The van der Waals surface area contributed by atoms with Gasteiger partial charge < -0.3 is 5.32 Å². The maximum Gasteiger partial charge on any atom is 0.123 e. The third-order valence-electron chi connectivity index (χ3n) is 3.82. The van der Waals surface area contributed by atoms with E-state index in [4.69, 9.17) is 11.6 Å². The molecule has 0 aliphatic carbocycles. The van der Waals surface area contributed by atoms with Crippen molar-refractivity contribution >= 4 is 36.4 Å². The molecule has 2 heterocycles. The number of aromatic nitrogens is 1. The maximum absolute atomic E-state index is 13.5. The highest BCUT2D eigenvalue weighted by atomic mass is 35.5. The SMILES string of the molecule is Cl.Cl.Fc1cccc(C2CNCCN2Cc2ccncc2Cl)c1. The second-order valence-corrected chi connectivity index (χ2v) is 5.62. The minimum Gasteiger partial charge on any atom is -0.314 e. The molecule has 0 radical (unpaired) electrons. The molecular weight excluding hydrogens is 360 g/mol. The maximum atomic E-state index is 13.5. The minimum absolute atomic E-state index is 0. The van der Waals surface area contributed by atoms with Gasteiger partial charge >= 0.3 is 0 Å². The van der Waals surface area contributed by atoms with Crippen LogP contribution >= 0.6 is 36.4 Å². The highest BCUT2D eigenvalue weighted by Gasteiger charge is 2.24. The fourth-order valence-corrected chi connectivity index (χ4v) is 2.91. The van der Waals surface area contributed by atoms with Gasteiger partial charge in [-0.25, -0.2) is 4.39 Å². The van der Waals surface area contributed by atoms with Crippen LogP contribution < -0.4 is 5.32 Å². The lowest BCUT2D eigenvalue weighted by atomic mass is 10.0. The third kappa shape index (κ3) is 5.03. The average molecular weight is 379 g/mol. The van der Waals surface area contributed by atoms with Crippen molar-refractivity contribution in [3.63, 3.8) is 0 Å². The highest BCUT2D eigenvalue weighted by Crippen LogP contribution is 2.26. The number of hydrogen-bond acceptors (Lipinski definition) is 3. The van der Waals surface area contributed by atoms with E-state index in [2.05, 4.69) is 15.2 Å². The number of rotatable bonds is 3. The van der Waals surface area contributed by atoms with Crippen LogP contribution in [0.3, 0.4) is 0 Å². The summed E-state index contributed by atoms with van der Waals surface area (Å²) in [6.07, 6.45) is 3.41. The van der Waals surface area contributed by atoms with E-state index in [1.165, 1.54) is 6.07 Å². The van der Waals surface area contributed by atoms with Crippen LogP contribution in [-0.2, 0) is 6.54 Å². The van der Waals surface area contributed by atoms with E-state index in [0.717, 1.165) is 37.3 Å². The lowest BCUT2D eigenvalue weighted by molar-refractivity contribution is 0.153. The first-order chi connectivity index (χ1) is 10.2. The Balaban J connectivity index is 0.00000132. The minimum atomic E-state index is -0.194. The number of benzene rings is 1. The molecule has 1 aliphatic rings. The van der Waals surface area contributed by atoms with E-state index in [9.17, 15) is 4.39 Å². The van der Waals surface area contributed by atoms with Crippen LogP contribution in [0.15, 0.2) is 42.7 Å². The molecule has 2 aromatic rings. The summed E-state index contributed by atoms with van der Waals surface area (Å²) in [5.74, 6) is -0.194. The Kier molecular flexibility index (Phi) is 8.23. The molecule has 0 saturated carbocycles. The van der Waals surface area contributed by atoms with Crippen molar-refractivity contribution < 1.29 is 4.39 Å². The molecule has 7 heteroatoms. The molecule has 23 heavy (non-hydrogen) atoms. The van der Waals surface area contributed by atoms with Gasteiger partial charge in [0.15, 0.2) is 0 Å². The number of nitrogens with zero attached hydrogens (tertiary/aromatic N) is 2. The van der Waals surface area contributed by atoms with Gasteiger partial charge in [0, 0.05) is 44.6 Å². The van der Waals surface area contributed by atoms with Gasteiger partial charge in [-0.2, -0.15) is 0 Å². The zero-order valence-corrected chi connectivity index (χ0v) is 14.8. The van der Waals surface area contributed by atoms with Gasteiger partial charge in [0.1, 0.15) is 5.82 Å². The zero-order chi connectivity index (χ0) is 14.7. The third-order valence-corrected chi connectivity index (χ3v) is 4.16. The monoisotopic (exact) mass is 377 g/mol. The van der Waals surface area contributed by atoms with E-state index in [-0.39, 0.29) is 36.7 Å². The van der Waals surface area contributed by atoms with Crippen LogP contribution in [0.1, 0.15) is 17.2 Å². The van der Waals surface area contributed by atoms with E-state index in [0.29, 0.717) is 5.02 Å². The highest BCUT2D eigenvalue weighted by molar-refractivity contribution is 6.31. The Bertz CT molecular complexity index is 627. The van der Waals surface area contributed by atoms with E-state index in [1.54, 1.807) is 24.5 Å². The smallest absolute Gasteiger partial charge is 0.123 e. The molecule has 1 unspecified atom stereocenters. The molecule has 1 atom stereocenters. The standard InChI is InChI=1S/C16H17ClFN3.2ClH/c17-15-9-19-5-4-13(15)11-21-7-6-20-10-16(21)12-2-1-3-14(18)8-12;;/h1-5,8-9,16,20H,6-7,10-11H2;2*1H. The number of nitrogens with one attached hydrogen (secondary N) is 1. The van der Waals surface area contributed by atoms with Gasteiger partial charge in [0.2, 0.25) is 0 Å². The van der Waals surface area contributed by atoms with E-state index < -0.39 is 0 Å². The molecule has 0 amide bonds. The van der Waals surface area contributed by atoms with Gasteiger partial charge in [-0.05, 0) is 29.3 Å². The van der Waals surface area contributed by atoms with Crippen LogP contribution in [0.2, 0.25) is 5.02 Å². The van der Waals surface area contributed by atoms with Crippen molar-refractivity contribution in [1.82, 2.24) is 15.2 Å². The van der Waals surface area contributed by atoms with Crippen LogP contribution in [0.25, 0.3) is 0 Å². The van der Waals surface area contributed by atoms with Gasteiger partial charge in [-0.1, -0.05) is 23.7 Å². The first kappa shape index (κ1) is 20.1. The Hall–Kier alpha value is -0.910. The largest absolute Gasteiger partial charge is 0.314 e. The lowest BCUT2D eigenvalue weighted by Gasteiger charge is -2.36. The molecule has 3 nitrogen and oxygen atoms in total. The summed E-state index contributed by atoms with van der Waals surface area (Å²) in [5.41, 5.74) is 2.04. The summed E-state index contributed by atoms with van der Waals surface area (Å²) in [5, 5.41) is 4.05.